The van der Waals surface area contributed by atoms with Gasteiger partial charge in [-0.1, -0.05) is 48.3 Å². The summed E-state index contributed by atoms with van der Waals surface area (Å²) in [7, 11) is 21.3. The highest BCUT2D eigenvalue weighted by molar-refractivity contribution is 6.39. The number of carbonyl (C=O) groups is 5. The molecule has 2 aliphatic rings. The SMILES string of the molecule is CC(C)=C(Cl)N(C)C.CC(C)=C(Cl)N(C)C.CCc1cccc(F)c1C1=NNC(C(C)=O)=NN1.COc1ccc(-c2ocnc2-c2cc(OC)c(OC)c(OC)c2)cc1O/C=C/C(=O)N(C)c1cccc(F)c1C1=NNC(C(C)=O)=NN1.COc1ccc(-c2ocnc2-c2cc(OC)c(OC)c(OC)c2)cc1O/C=C/C(=O)O.O=C(O)/C=C/Oc1ccc(N(CCCl)CCCl)cc1. The monoisotopic (exact) mass is 1900 g/mol. The average molecular weight is 1910 g/mol. The molecule has 4 heterocycles. The smallest absolute Gasteiger partial charge is 0.331 e. The van der Waals surface area contributed by atoms with Crippen molar-refractivity contribution in [3.8, 4) is 108 Å². The third kappa shape index (κ3) is 30.3. The summed E-state index contributed by atoms with van der Waals surface area (Å²) in [4.78, 5) is 72.6. The molecule has 1 amide bonds. The van der Waals surface area contributed by atoms with Gasteiger partial charge in [-0.2, -0.15) is 20.4 Å². The largest absolute Gasteiger partial charge is 0.493 e. The average Bonchev–Trinajstić information content (AvgIpc) is 1.55. The molecule has 6 N–H and O–H groups in total. The Bertz CT molecular complexity index is 5670. The molecule has 0 saturated heterocycles. The van der Waals surface area contributed by atoms with Crippen LogP contribution in [0.15, 0.2) is 222 Å². The van der Waals surface area contributed by atoms with Crippen LogP contribution in [0.4, 0.5) is 20.2 Å². The lowest BCUT2D eigenvalue weighted by Gasteiger charge is -2.22. The number of carboxylic acids is 2. The summed E-state index contributed by atoms with van der Waals surface area (Å²) < 4.78 is 100.0. The number of alkyl halides is 2. The Kier molecular flexibility index (Phi) is 43.1. The summed E-state index contributed by atoms with van der Waals surface area (Å²) in [6.07, 6.45) is 9.66. The summed E-state index contributed by atoms with van der Waals surface area (Å²) >= 11 is 23.0. The number of methoxy groups -OCH3 is 8. The van der Waals surface area contributed by atoms with E-state index in [1.807, 2.05) is 90.8 Å². The predicted octanol–water partition coefficient (Wildman–Crippen LogP) is 16.7. The number of ether oxygens (including phenoxy) is 11. The van der Waals surface area contributed by atoms with Crippen LogP contribution in [-0.4, -0.2) is 200 Å². The molecule has 0 bridgehead atoms. The molecular formula is C92H104Cl4F2N14O20. The molecule has 0 aliphatic carbocycles. The number of hydrazone groups is 4. The first kappa shape index (κ1) is 106. The van der Waals surface area contributed by atoms with Crippen LogP contribution in [0.3, 0.4) is 0 Å². The molecular weight excluding hydrogens is 1800 g/mol. The van der Waals surface area contributed by atoms with E-state index in [9.17, 15) is 32.8 Å². The lowest BCUT2D eigenvalue weighted by molar-refractivity contribution is -0.132. The minimum atomic E-state index is -1.13. The normalized spacial score (nSPS) is 11.5. The number of nitrogens with zero attached hydrogens (tertiary/aromatic N) is 10. The Morgan fingerprint density at radius 3 is 1.19 bits per heavy atom. The van der Waals surface area contributed by atoms with Crippen molar-refractivity contribution >= 4 is 111 Å². The van der Waals surface area contributed by atoms with Gasteiger partial charge in [-0.3, -0.25) is 36.1 Å². The number of oxazole rings is 2. The van der Waals surface area contributed by atoms with Crippen molar-refractivity contribution in [1.82, 2.24) is 41.5 Å². The zero-order chi connectivity index (χ0) is 97.4. The molecule has 0 saturated carbocycles. The maximum Gasteiger partial charge on any atom is 0.331 e. The minimum absolute atomic E-state index is 0.0205. The van der Waals surface area contributed by atoms with E-state index in [0.29, 0.717) is 139 Å². The Morgan fingerprint density at radius 2 is 0.841 bits per heavy atom. The van der Waals surface area contributed by atoms with Crippen LogP contribution < -0.4 is 83.6 Å². The van der Waals surface area contributed by atoms with Gasteiger partial charge in [0, 0.05) is 108 Å². The fourth-order valence-corrected chi connectivity index (χ4v) is 12.1. The van der Waals surface area contributed by atoms with E-state index in [4.69, 9.17) is 118 Å². The van der Waals surface area contributed by atoms with Gasteiger partial charge in [0.25, 0.3) is 5.91 Å². The van der Waals surface area contributed by atoms with Crippen LogP contribution in [-0.2, 0) is 30.4 Å². The van der Waals surface area contributed by atoms with Gasteiger partial charge >= 0.3 is 11.9 Å². The van der Waals surface area contributed by atoms with Gasteiger partial charge in [0.2, 0.25) is 23.2 Å². The molecule has 0 spiro atoms. The van der Waals surface area contributed by atoms with Gasteiger partial charge in [0.05, 0.1) is 105 Å². The highest BCUT2D eigenvalue weighted by Gasteiger charge is 2.27. The zero-order valence-electron chi connectivity index (χ0n) is 76.2. The van der Waals surface area contributed by atoms with Crippen LogP contribution in [0.1, 0.15) is 65.2 Å². The van der Waals surface area contributed by atoms with Crippen LogP contribution in [0.25, 0.3) is 45.2 Å². The van der Waals surface area contributed by atoms with Gasteiger partial charge in [-0.15, -0.1) is 23.2 Å². The molecule has 2 aliphatic heterocycles. The number of aryl methyl sites for hydroxylation is 1. The number of likely N-dealkylation sites (N-methyl/N-ethyl adjacent to an activating group) is 1. The van der Waals surface area contributed by atoms with Crippen molar-refractivity contribution in [3.05, 3.63) is 221 Å². The van der Waals surface area contributed by atoms with Crippen molar-refractivity contribution in [2.24, 2.45) is 20.4 Å². The van der Waals surface area contributed by atoms with E-state index in [1.165, 1.54) is 126 Å². The second-order valence-electron chi connectivity index (χ2n) is 27.8. The summed E-state index contributed by atoms with van der Waals surface area (Å²) in [5.74, 6) is 2.57. The number of rotatable bonds is 34. The number of carbonyl (C=O) groups excluding carboxylic acids is 3. The zero-order valence-corrected chi connectivity index (χ0v) is 79.2. The fourth-order valence-electron chi connectivity index (χ4n) is 11.7. The number of carboxylic acid groups (broad SMARTS) is 2. The first-order chi connectivity index (χ1) is 63.1. The second kappa shape index (κ2) is 53.5. The van der Waals surface area contributed by atoms with Crippen molar-refractivity contribution in [3.63, 3.8) is 0 Å². The molecule has 34 nitrogen and oxygen atoms in total. The maximum atomic E-state index is 15.0. The van der Waals surface area contributed by atoms with E-state index in [2.05, 4.69) is 57.0 Å². The summed E-state index contributed by atoms with van der Waals surface area (Å²) in [6.45, 7) is 14.0. The number of hydrogen-bond acceptors (Lipinski definition) is 31. The van der Waals surface area contributed by atoms with Crippen molar-refractivity contribution in [2.75, 3.05) is 127 Å². The molecule has 2 aromatic heterocycles. The van der Waals surface area contributed by atoms with Crippen molar-refractivity contribution < 1.29 is 104 Å². The number of hydrogen-bond donors (Lipinski definition) is 6. The molecule has 7 aromatic carbocycles. The molecule has 0 unspecified atom stereocenters. The lowest BCUT2D eigenvalue weighted by atomic mass is 10.0. The van der Waals surface area contributed by atoms with Crippen LogP contribution >= 0.6 is 46.4 Å². The molecule has 704 valence electrons. The van der Waals surface area contributed by atoms with E-state index in [1.54, 1.807) is 78.9 Å². The molecule has 0 radical (unpaired) electrons. The lowest BCUT2D eigenvalue weighted by Crippen LogP contribution is -2.38. The van der Waals surface area contributed by atoms with Gasteiger partial charge in [0.15, 0.2) is 93.5 Å². The Labute approximate surface area is 782 Å². The number of Topliss-reactive ketones (excluding diaryl/α,β-unsaturated/α-hetero) is 2. The minimum Gasteiger partial charge on any atom is -0.493 e. The number of benzene rings is 7. The van der Waals surface area contributed by atoms with Gasteiger partial charge < -0.3 is 90.8 Å². The second-order valence-corrected chi connectivity index (χ2v) is 29.3. The standard InChI is InChI=1S/C33H31FN6O8.C22H21NO8.C13H15Cl2NO3.C12H13FN4O.2C6H12ClN/c1-18(41)32-36-38-33(39-37-32)28-21(34)8-7-9-22(28)40(2)27(42)12-13-47-24-14-19(10-11-23(24)43-3)30-29(35-17-48-30)20-15-25(44-4)31(46-6)26(16-20)45-5;1-26-15-6-5-13(9-16(15)30-8-7-19(24)25)21-20(23-12-31-21)14-10-17(27-2)22(29-4)18(11-14)28-3;14-6-8-16(9-7-15)11-1-3-12(4-2-11)19-10-5-13(17)18;1-3-8-5-4-6-9(13)10(8)12-16-14-11(7(2)18)15-17-12;2*1-5(2)6(7)8(3)4/h7-17H,1-6H3,(H,36,37)(H,38,39);5-12H,1-4H3,(H,24,25);1-5,10H,6-9H2,(H,17,18);4-6H,3H2,1-2H3,(H,14,15)(H,16,17);2*1-4H3/b13-12+;8-7+;10-5+;;;. The summed E-state index contributed by atoms with van der Waals surface area (Å²) in [5.41, 5.74) is 18.4. The number of allylic oxidation sites excluding steroid dienone is 2. The molecule has 132 heavy (non-hydrogen) atoms. The van der Waals surface area contributed by atoms with E-state index >= 15 is 0 Å². The third-order valence-corrected chi connectivity index (χ3v) is 19.8. The first-order valence-electron chi connectivity index (χ1n) is 39.6. The van der Waals surface area contributed by atoms with Crippen molar-refractivity contribution in [2.45, 2.75) is 54.9 Å². The summed E-state index contributed by atoms with van der Waals surface area (Å²) in [6, 6.07) is 33.6. The molecule has 11 rings (SSSR count). The van der Waals surface area contributed by atoms with Crippen LogP contribution in [0.5, 0.6) is 63.2 Å². The Balaban J connectivity index is 0.000000273. The molecule has 0 atom stereocenters. The topological polar surface area (TPSA) is 390 Å². The van der Waals surface area contributed by atoms with Gasteiger partial charge in [-0.05, 0) is 154 Å². The highest BCUT2D eigenvalue weighted by Crippen LogP contribution is 2.46. The number of ketones is 2. The van der Waals surface area contributed by atoms with E-state index in [0.717, 1.165) is 63.5 Å². The predicted molar refractivity (Wildman–Crippen MR) is 505 cm³/mol. The number of amides is 1. The quantitative estimate of drug-likeness (QED) is 0.00944. The van der Waals surface area contributed by atoms with E-state index in [-0.39, 0.29) is 57.7 Å². The van der Waals surface area contributed by atoms with Crippen LogP contribution in [0, 0.1) is 11.6 Å². The van der Waals surface area contributed by atoms with Crippen LogP contribution in [0.2, 0.25) is 0 Å². The fraction of sp³-hybridized carbons (Fsp3) is 0.272. The third-order valence-electron chi connectivity index (χ3n) is 18.0. The number of nitrogens with one attached hydrogen (secondary N) is 4. The summed E-state index contributed by atoms with van der Waals surface area (Å²) in [5, 5.41) is 34.5. The first-order valence-corrected chi connectivity index (χ1v) is 41.4. The van der Waals surface area contributed by atoms with Gasteiger partial charge in [0.1, 0.15) is 39.1 Å². The Morgan fingerprint density at radius 1 is 0.455 bits per heavy atom. The number of aliphatic carboxylic acids is 2. The number of anilines is 2. The highest BCUT2D eigenvalue weighted by atomic mass is 35.5. The number of halogens is 6. The maximum absolute atomic E-state index is 15.0. The number of amidine groups is 4. The molecule has 0 fully saturated rings. The molecule has 9 aromatic rings. The van der Waals surface area contributed by atoms with Crippen molar-refractivity contribution in [1.29, 1.82) is 0 Å². The Hall–Kier alpha value is -14.5. The number of aromatic nitrogens is 2. The molecule has 40 heteroatoms. The van der Waals surface area contributed by atoms with E-state index < -0.39 is 23.7 Å². The van der Waals surface area contributed by atoms with Gasteiger partial charge in [-0.25, -0.2) is 28.3 Å².